The number of halogens is 4. The minimum atomic E-state index is -1.25. The lowest BCUT2D eigenvalue weighted by Gasteiger charge is -2.07. The number of carbonyl (C=O) groups is 2. The zero-order valence-corrected chi connectivity index (χ0v) is 16.6. The van der Waals surface area contributed by atoms with E-state index in [1.54, 1.807) is 12.1 Å². The summed E-state index contributed by atoms with van der Waals surface area (Å²) in [5, 5.41) is 11.6. The molecule has 0 saturated heterocycles. The van der Waals surface area contributed by atoms with E-state index in [9.17, 15) is 14.0 Å². The van der Waals surface area contributed by atoms with E-state index in [-0.39, 0.29) is 26.3 Å². The van der Waals surface area contributed by atoms with Crippen LogP contribution in [0.5, 0.6) is 0 Å². The van der Waals surface area contributed by atoms with Crippen LogP contribution in [0.25, 0.3) is 17.4 Å². The summed E-state index contributed by atoms with van der Waals surface area (Å²) in [4.78, 5) is 23.3. The van der Waals surface area contributed by atoms with Gasteiger partial charge in [0.05, 0.1) is 26.3 Å². The standard InChI is InChI=1S/C20H11Cl3FNO4/c21-13-9-15(23)17(8-12(13)20(27)28)25-19(26)6-3-11-2-5-18(29-11)10-1-4-16(24)14(22)7-10/h1-9H,(H,25,26)(H,27,28)/b6-3+. The first-order chi connectivity index (χ1) is 13.7. The van der Waals surface area contributed by atoms with E-state index in [1.165, 1.54) is 42.5 Å². The van der Waals surface area contributed by atoms with Crippen molar-refractivity contribution in [1.82, 2.24) is 0 Å². The van der Waals surface area contributed by atoms with Gasteiger partial charge in [0, 0.05) is 11.6 Å². The SMILES string of the molecule is O=C(/C=C/c1ccc(-c2ccc(F)c(Cl)c2)o1)Nc1cc(C(=O)O)c(Cl)cc1Cl. The number of carboxylic acids is 1. The summed E-state index contributed by atoms with van der Waals surface area (Å²) < 4.78 is 18.8. The van der Waals surface area contributed by atoms with Gasteiger partial charge in [0.1, 0.15) is 17.3 Å². The number of amides is 1. The first kappa shape index (κ1) is 20.9. The molecule has 2 aromatic carbocycles. The van der Waals surface area contributed by atoms with Crippen molar-refractivity contribution in [3.05, 3.63) is 80.7 Å². The third kappa shape index (κ3) is 4.98. The van der Waals surface area contributed by atoms with Crippen LogP contribution in [0, 0.1) is 5.82 Å². The van der Waals surface area contributed by atoms with Crippen LogP contribution in [-0.2, 0) is 4.79 Å². The van der Waals surface area contributed by atoms with Crippen molar-refractivity contribution in [3.63, 3.8) is 0 Å². The fourth-order valence-electron chi connectivity index (χ4n) is 2.39. The Bertz CT molecular complexity index is 1140. The van der Waals surface area contributed by atoms with Crippen LogP contribution in [-0.4, -0.2) is 17.0 Å². The Balaban J connectivity index is 1.73. The molecule has 0 fully saturated rings. The quantitative estimate of drug-likeness (QED) is 0.437. The zero-order valence-electron chi connectivity index (χ0n) is 14.4. The lowest BCUT2D eigenvalue weighted by atomic mass is 10.2. The Morgan fingerprint density at radius 2 is 1.76 bits per heavy atom. The zero-order chi connectivity index (χ0) is 21.1. The number of nitrogens with one attached hydrogen (secondary N) is 1. The maximum Gasteiger partial charge on any atom is 0.337 e. The summed E-state index contributed by atoms with van der Waals surface area (Å²) in [7, 11) is 0. The third-order valence-corrected chi connectivity index (χ3v) is 4.69. The summed E-state index contributed by atoms with van der Waals surface area (Å²) in [6.07, 6.45) is 2.59. The van der Waals surface area contributed by atoms with E-state index in [1.807, 2.05) is 0 Å². The van der Waals surface area contributed by atoms with Crippen molar-refractivity contribution in [2.24, 2.45) is 0 Å². The predicted octanol–water partition coefficient (Wildman–Crippen LogP) is 6.40. The van der Waals surface area contributed by atoms with E-state index in [4.69, 9.17) is 44.3 Å². The van der Waals surface area contributed by atoms with Crippen molar-refractivity contribution in [3.8, 4) is 11.3 Å². The second-order valence-electron chi connectivity index (χ2n) is 5.77. The normalized spacial score (nSPS) is 11.0. The molecule has 1 amide bonds. The molecule has 9 heteroatoms. The summed E-state index contributed by atoms with van der Waals surface area (Å²) in [5.74, 6) is -1.54. The van der Waals surface area contributed by atoms with E-state index in [2.05, 4.69) is 5.32 Å². The number of rotatable bonds is 5. The minimum Gasteiger partial charge on any atom is -0.478 e. The first-order valence-electron chi connectivity index (χ1n) is 8.01. The molecule has 3 rings (SSSR count). The molecule has 148 valence electrons. The Kier molecular flexibility index (Phi) is 6.27. The molecule has 0 atom stereocenters. The number of aromatic carboxylic acids is 1. The number of carboxylic acid groups (broad SMARTS) is 1. The lowest BCUT2D eigenvalue weighted by molar-refractivity contribution is -0.111. The molecule has 0 aliphatic rings. The maximum atomic E-state index is 13.3. The summed E-state index contributed by atoms with van der Waals surface area (Å²) >= 11 is 17.6. The van der Waals surface area contributed by atoms with Crippen molar-refractivity contribution in [1.29, 1.82) is 0 Å². The molecule has 3 aromatic rings. The summed E-state index contributed by atoms with van der Waals surface area (Å²) in [6, 6.07) is 9.84. The molecule has 5 nitrogen and oxygen atoms in total. The molecule has 29 heavy (non-hydrogen) atoms. The van der Waals surface area contributed by atoms with Gasteiger partial charge >= 0.3 is 5.97 Å². The lowest BCUT2D eigenvalue weighted by Crippen LogP contribution is -2.09. The second-order valence-corrected chi connectivity index (χ2v) is 6.99. The van der Waals surface area contributed by atoms with Crippen LogP contribution in [0.4, 0.5) is 10.1 Å². The summed E-state index contributed by atoms with van der Waals surface area (Å²) in [6.45, 7) is 0. The van der Waals surface area contributed by atoms with E-state index < -0.39 is 17.7 Å². The van der Waals surface area contributed by atoms with Crippen LogP contribution in [0.3, 0.4) is 0 Å². The van der Waals surface area contributed by atoms with Gasteiger partial charge in [0.25, 0.3) is 0 Å². The van der Waals surface area contributed by atoms with Crippen LogP contribution in [0.1, 0.15) is 16.1 Å². The number of carbonyl (C=O) groups excluding carboxylic acids is 1. The monoisotopic (exact) mass is 453 g/mol. The van der Waals surface area contributed by atoms with Crippen LogP contribution in [0.15, 0.2) is 53.0 Å². The highest BCUT2D eigenvalue weighted by atomic mass is 35.5. The Labute approximate surface area is 179 Å². The number of hydrogen-bond donors (Lipinski definition) is 2. The highest BCUT2D eigenvalue weighted by molar-refractivity contribution is 6.38. The molecular formula is C20H11Cl3FNO4. The Morgan fingerprint density at radius 1 is 1.00 bits per heavy atom. The smallest absolute Gasteiger partial charge is 0.337 e. The number of hydrogen-bond acceptors (Lipinski definition) is 3. The fraction of sp³-hybridized carbons (Fsp3) is 0. The molecular weight excluding hydrogens is 444 g/mol. The first-order valence-corrected chi connectivity index (χ1v) is 9.14. The fourth-order valence-corrected chi connectivity index (χ4v) is 3.08. The number of benzene rings is 2. The van der Waals surface area contributed by atoms with Gasteiger partial charge in [-0.15, -0.1) is 0 Å². The van der Waals surface area contributed by atoms with E-state index in [0.29, 0.717) is 17.1 Å². The molecule has 0 spiro atoms. The predicted molar refractivity (Wildman–Crippen MR) is 110 cm³/mol. The molecule has 1 heterocycles. The largest absolute Gasteiger partial charge is 0.478 e. The highest BCUT2D eigenvalue weighted by Gasteiger charge is 2.14. The Hall–Kier alpha value is -2.80. The molecule has 0 saturated carbocycles. The minimum absolute atomic E-state index is 0.0315. The summed E-state index contributed by atoms with van der Waals surface area (Å²) in [5.41, 5.74) is 0.489. The molecule has 0 unspecified atom stereocenters. The van der Waals surface area contributed by atoms with Crippen LogP contribution in [0.2, 0.25) is 15.1 Å². The highest BCUT2D eigenvalue weighted by Crippen LogP contribution is 2.30. The molecule has 1 aromatic heterocycles. The van der Waals surface area contributed by atoms with Gasteiger partial charge in [-0.3, -0.25) is 4.79 Å². The third-order valence-electron chi connectivity index (χ3n) is 3.77. The average Bonchev–Trinajstić information content (AvgIpc) is 3.13. The maximum absolute atomic E-state index is 13.3. The van der Waals surface area contributed by atoms with Gasteiger partial charge in [0.2, 0.25) is 5.91 Å². The molecule has 0 aliphatic carbocycles. The molecule has 0 radical (unpaired) electrons. The number of furan rings is 1. The van der Waals surface area contributed by atoms with Gasteiger partial charge < -0.3 is 14.8 Å². The second kappa shape index (κ2) is 8.69. The molecule has 2 N–H and O–H groups in total. The van der Waals surface area contributed by atoms with Crippen LogP contribution >= 0.6 is 34.8 Å². The van der Waals surface area contributed by atoms with Gasteiger partial charge in [-0.05, 0) is 48.5 Å². The van der Waals surface area contributed by atoms with Gasteiger partial charge in [-0.2, -0.15) is 0 Å². The van der Waals surface area contributed by atoms with Crippen molar-refractivity contribution >= 4 is 58.4 Å². The topological polar surface area (TPSA) is 79.5 Å². The Morgan fingerprint density at radius 3 is 2.45 bits per heavy atom. The average molecular weight is 455 g/mol. The van der Waals surface area contributed by atoms with E-state index >= 15 is 0 Å². The van der Waals surface area contributed by atoms with Crippen LogP contribution < -0.4 is 5.32 Å². The van der Waals surface area contributed by atoms with Crippen molar-refractivity contribution in [2.45, 2.75) is 0 Å². The van der Waals surface area contributed by atoms with Gasteiger partial charge in [-0.25, -0.2) is 9.18 Å². The van der Waals surface area contributed by atoms with Gasteiger partial charge in [-0.1, -0.05) is 34.8 Å². The molecule has 0 bridgehead atoms. The van der Waals surface area contributed by atoms with Crippen molar-refractivity contribution < 1.29 is 23.5 Å². The van der Waals surface area contributed by atoms with E-state index in [0.717, 1.165) is 0 Å². The molecule has 0 aliphatic heterocycles. The number of anilines is 1. The van der Waals surface area contributed by atoms with Crippen molar-refractivity contribution in [2.75, 3.05) is 5.32 Å². The van der Waals surface area contributed by atoms with Gasteiger partial charge in [0.15, 0.2) is 0 Å².